The summed E-state index contributed by atoms with van der Waals surface area (Å²) in [5.74, 6) is 0.127. The van der Waals surface area contributed by atoms with Crippen LogP contribution in [0.25, 0.3) is 0 Å². The van der Waals surface area contributed by atoms with E-state index in [1.807, 2.05) is 18.2 Å². The van der Waals surface area contributed by atoms with Crippen molar-refractivity contribution in [1.29, 1.82) is 0 Å². The van der Waals surface area contributed by atoms with Crippen molar-refractivity contribution >= 4 is 5.91 Å². The fourth-order valence-electron chi connectivity index (χ4n) is 3.21. The Kier molecular flexibility index (Phi) is 5.62. The molecule has 1 unspecified atom stereocenters. The molecule has 4 nitrogen and oxygen atoms in total. The molecule has 1 heterocycles. The average Bonchev–Trinajstić information content (AvgIpc) is 2.79. The topological polar surface area (TPSA) is 41.6 Å². The van der Waals surface area contributed by atoms with Crippen LogP contribution in [-0.2, 0) is 22.7 Å². The van der Waals surface area contributed by atoms with E-state index >= 15 is 0 Å². The maximum Gasteiger partial charge on any atom is 0.221 e. The van der Waals surface area contributed by atoms with Crippen LogP contribution in [0.15, 0.2) is 54.6 Å². The van der Waals surface area contributed by atoms with Gasteiger partial charge in [-0.1, -0.05) is 54.6 Å². The molecular weight excluding hydrogens is 300 g/mol. The van der Waals surface area contributed by atoms with Crippen LogP contribution in [0.3, 0.4) is 0 Å². The van der Waals surface area contributed by atoms with Gasteiger partial charge in [-0.15, -0.1) is 0 Å². The Labute approximate surface area is 143 Å². The smallest absolute Gasteiger partial charge is 0.221 e. The van der Waals surface area contributed by atoms with E-state index in [9.17, 15) is 4.79 Å². The zero-order valence-corrected chi connectivity index (χ0v) is 14.1. The third kappa shape index (κ3) is 4.22. The minimum atomic E-state index is 0.118. The maximum absolute atomic E-state index is 12.0. The molecule has 4 heteroatoms. The molecule has 0 saturated carbocycles. The fourth-order valence-corrected chi connectivity index (χ4v) is 3.21. The van der Waals surface area contributed by atoms with Crippen molar-refractivity contribution in [3.63, 3.8) is 0 Å². The van der Waals surface area contributed by atoms with Crippen molar-refractivity contribution in [2.24, 2.45) is 0 Å². The molecule has 3 rings (SSSR count). The van der Waals surface area contributed by atoms with Gasteiger partial charge in [-0.2, -0.15) is 0 Å². The number of nitrogens with zero attached hydrogens (tertiary/aromatic N) is 1. The lowest BCUT2D eigenvalue weighted by atomic mass is 10.0. The van der Waals surface area contributed by atoms with Gasteiger partial charge >= 0.3 is 0 Å². The number of ether oxygens (including phenoxy) is 1. The van der Waals surface area contributed by atoms with E-state index in [-0.39, 0.29) is 11.9 Å². The zero-order chi connectivity index (χ0) is 16.8. The number of amides is 1. The SMILES string of the molecule is COCc1ccc(CN2CCNC(=O)CC2c2ccccc2)cc1. The van der Waals surface area contributed by atoms with E-state index in [1.165, 1.54) is 16.7 Å². The van der Waals surface area contributed by atoms with Crippen LogP contribution in [0.5, 0.6) is 0 Å². The summed E-state index contributed by atoms with van der Waals surface area (Å²) in [5, 5.41) is 2.99. The monoisotopic (exact) mass is 324 g/mol. The maximum atomic E-state index is 12.0. The van der Waals surface area contributed by atoms with Gasteiger partial charge in [0, 0.05) is 39.2 Å². The van der Waals surface area contributed by atoms with E-state index < -0.39 is 0 Å². The second-order valence-corrected chi connectivity index (χ2v) is 6.20. The van der Waals surface area contributed by atoms with E-state index in [1.54, 1.807) is 7.11 Å². The molecule has 1 aliphatic heterocycles. The zero-order valence-electron chi connectivity index (χ0n) is 14.1. The highest BCUT2D eigenvalue weighted by Gasteiger charge is 2.26. The Hall–Kier alpha value is -2.17. The summed E-state index contributed by atoms with van der Waals surface area (Å²) in [6.07, 6.45) is 0.506. The van der Waals surface area contributed by atoms with Crippen molar-refractivity contribution in [3.8, 4) is 0 Å². The fraction of sp³-hybridized carbons (Fsp3) is 0.350. The molecule has 1 atom stereocenters. The normalized spacial score (nSPS) is 18.9. The number of rotatable bonds is 5. The van der Waals surface area contributed by atoms with E-state index in [2.05, 4.69) is 46.6 Å². The van der Waals surface area contributed by atoms with Crippen molar-refractivity contribution in [2.75, 3.05) is 20.2 Å². The lowest BCUT2D eigenvalue weighted by Crippen LogP contribution is -2.30. The molecule has 2 aromatic rings. The molecule has 0 spiro atoms. The Balaban J connectivity index is 1.78. The Morgan fingerprint density at radius 1 is 1.08 bits per heavy atom. The third-order valence-electron chi connectivity index (χ3n) is 4.44. The van der Waals surface area contributed by atoms with Crippen LogP contribution in [-0.4, -0.2) is 31.0 Å². The first-order valence-corrected chi connectivity index (χ1v) is 8.38. The molecule has 0 radical (unpaired) electrons. The minimum absolute atomic E-state index is 0.118. The van der Waals surface area contributed by atoms with E-state index in [4.69, 9.17) is 4.74 Å². The molecule has 24 heavy (non-hydrogen) atoms. The van der Waals surface area contributed by atoms with Gasteiger partial charge in [-0.3, -0.25) is 9.69 Å². The first kappa shape index (κ1) is 16.7. The second kappa shape index (κ2) is 8.08. The van der Waals surface area contributed by atoms with Gasteiger partial charge in [0.05, 0.1) is 6.61 Å². The van der Waals surface area contributed by atoms with Crippen molar-refractivity contribution < 1.29 is 9.53 Å². The van der Waals surface area contributed by atoms with Crippen molar-refractivity contribution in [1.82, 2.24) is 10.2 Å². The Morgan fingerprint density at radius 3 is 2.50 bits per heavy atom. The summed E-state index contributed by atoms with van der Waals surface area (Å²) < 4.78 is 5.16. The van der Waals surface area contributed by atoms with Crippen LogP contribution in [0.4, 0.5) is 0 Å². The number of hydrogen-bond donors (Lipinski definition) is 1. The van der Waals surface area contributed by atoms with Crippen molar-refractivity contribution in [2.45, 2.75) is 25.6 Å². The predicted octanol–water partition coefficient (Wildman–Crippen LogP) is 2.90. The van der Waals surface area contributed by atoms with Gasteiger partial charge in [-0.05, 0) is 16.7 Å². The van der Waals surface area contributed by atoms with Crippen LogP contribution >= 0.6 is 0 Å². The number of nitrogens with one attached hydrogen (secondary N) is 1. The lowest BCUT2D eigenvalue weighted by molar-refractivity contribution is -0.121. The summed E-state index contributed by atoms with van der Waals surface area (Å²) in [6.45, 7) is 3.02. The van der Waals surface area contributed by atoms with Gasteiger partial charge in [0.2, 0.25) is 5.91 Å². The van der Waals surface area contributed by atoms with Crippen LogP contribution in [0, 0.1) is 0 Å². The molecule has 0 aliphatic carbocycles. The quantitative estimate of drug-likeness (QED) is 0.919. The Morgan fingerprint density at radius 2 is 1.79 bits per heavy atom. The largest absolute Gasteiger partial charge is 0.380 e. The second-order valence-electron chi connectivity index (χ2n) is 6.20. The molecule has 1 N–H and O–H groups in total. The minimum Gasteiger partial charge on any atom is -0.380 e. The first-order chi connectivity index (χ1) is 11.8. The summed E-state index contributed by atoms with van der Waals surface area (Å²) in [6, 6.07) is 18.9. The lowest BCUT2D eigenvalue weighted by Gasteiger charge is -2.29. The number of methoxy groups -OCH3 is 1. The molecular formula is C20H24N2O2. The first-order valence-electron chi connectivity index (χ1n) is 8.38. The molecule has 2 aromatic carbocycles. The molecule has 1 fully saturated rings. The molecule has 1 aliphatic rings. The van der Waals surface area contributed by atoms with Crippen LogP contribution in [0.1, 0.15) is 29.2 Å². The third-order valence-corrected chi connectivity index (χ3v) is 4.44. The highest BCUT2D eigenvalue weighted by atomic mass is 16.5. The van der Waals surface area contributed by atoms with E-state index in [0.29, 0.717) is 19.6 Å². The number of hydrogen-bond acceptors (Lipinski definition) is 3. The van der Waals surface area contributed by atoms with Gasteiger partial charge in [0.1, 0.15) is 0 Å². The van der Waals surface area contributed by atoms with E-state index in [0.717, 1.165) is 13.1 Å². The van der Waals surface area contributed by atoms with Gasteiger partial charge < -0.3 is 10.1 Å². The molecule has 0 bridgehead atoms. The highest BCUT2D eigenvalue weighted by Crippen LogP contribution is 2.27. The van der Waals surface area contributed by atoms with Crippen LogP contribution < -0.4 is 5.32 Å². The summed E-state index contributed by atoms with van der Waals surface area (Å²) in [7, 11) is 1.71. The average molecular weight is 324 g/mol. The Bertz CT molecular complexity index is 655. The summed E-state index contributed by atoms with van der Waals surface area (Å²) >= 11 is 0. The number of carbonyl (C=O) groups is 1. The predicted molar refractivity (Wildman–Crippen MR) is 94.4 cm³/mol. The van der Waals surface area contributed by atoms with Gasteiger partial charge in [0.15, 0.2) is 0 Å². The summed E-state index contributed by atoms with van der Waals surface area (Å²) in [4.78, 5) is 14.4. The van der Waals surface area contributed by atoms with Crippen molar-refractivity contribution in [3.05, 3.63) is 71.3 Å². The highest BCUT2D eigenvalue weighted by molar-refractivity contribution is 5.77. The van der Waals surface area contributed by atoms with Gasteiger partial charge in [-0.25, -0.2) is 0 Å². The number of benzene rings is 2. The summed E-state index contributed by atoms with van der Waals surface area (Å²) in [5.41, 5.74) is 3.63. The molecule has 0 aromatic heterocycles. The molecule has 1 amide bonds. The van der Waals surface area contributed by atoms with Gasteiger partial charge in [0.25, 0.3) is 0 Å². The molecule has 126 valence electrons. The molecule has 1 saturated heterocycles. The number of carbonyl (C=O) groups excluding carboxylic acids is 1. The van der Waals surface area contributed by atoms with Crippen LogP contribution in [0.2, 0.25) is 0 Å². The standard InChI is InChI=1S/C20H24N2O2/c1-24-15-17-9-7-16(8-10-17)14-22-12-11-21-20(23)13-19(22)18-5-3-2-4-6-18/h2-10,19H,11-15H2,1H3,(H,21,23).